The lowest BCUT2D eigenvalue weighted by molar-refractivity contribution is 0.954. The molecule has 0 atom stereocenters. The third-order valence-electron chi connectivity index (χ3n) is 2.26. The lowest BCUT2D eigenvalue weighted by Gasteiger charge is -2.29. The average molecular weight is 247 g/mol. The zero-order valence-electron chi connectivity index (χ0n) is 9.36. The highest BCUT2D eigenvalue weighted by Gasteiger charge is 2.31. The monoisotopic (exact) mass is 247 g/mol. The summed E-state index contributed by atoms with van der Waals surface area (Å²) in [5.41, 5.74) is 1.06. The van der Waals surface area contributed by atoms with Crippen LogP contribution in [0.5, 0.6) is 0 Å². The Bertz CT molecular complexity index is 469. The Kier molecular flexibility index (Phi) is 3.32. The van der Waals surface area contributed by atoms with Gasteiger partial charge in [0.05, 0.1) is 21.2 Å². The summed E-state index contributed by atoms with van der Waals surface area (Å²) in [5, 5.41) is 1.12. The summed E-state index contributed by atoms with van der Waals surface area (Å²) in [5.74, 6) is 3.34. The summed E-state index contributed by atoms with van der Waals surface area (Å²) in [6, 6.07) is 8.24. The number of aliphatic imine (C=N–C) groups is 1. The van der Waals surface area contributed by atoms with Crippen LogP contribution in [0.3, 0.4) is 0 Å². The maximum atomic E-state index is 5.30. The molecule has 0 spiro atoms. The van der Waals surface area contributed by atoms with Gasteiger partial charge in [0.15, 0.2) is 0 Å². The van der Waals surface area contributed by atoms with E-state index >= 15 is 0 Å². The normalized spacial score (nSPS) is 17.2. The first-order chi connectivity index (χ1) is 7.63. The molecule has 0 aliphatic carbocycles. The van der Waals surface area contributed by atoms with E-state index in [0.29, 0.717) is 5.75 Å². The highest BCUT2D eigenvalue weighted by molar-refractivity contribution is 8.16. The second-order valence-corrected chi connectivity index (χ2v) is 6.62. The van der Waals surface area contributed by atoms with Crippen molar-refractivity contribution in [3.8, 4) is 12.3 Å². The summed E-state index contributed by atoms with van der Waals surface area (Å²) in [4.78, 5) is 5.95. The van der Waals surface area contributed by atoms with Crippen molar-refractivity contribution in [2.24, 2.45) is 4.99 Å². The molecular weight excluding hydrogens is 234 g/mol. The minimum atomic E-state index is 0.0237. The van der Waals surface area contributed by atoms with Gasteiger partial charge in [0.25, 0.3) is 0 Å². The van der Waals surface area contributed by atoms with Gasteiger partial charge in [-0.1, -0.05) is 29.8 Å². The van der Waals surface area contributed by atoms with Crippen molar-refractivity contribution in [3.63, 3.8) is 0 Å². The van der Waals surface area contributed by atoms with Gasteiger partial charge in [0, 0.05) is 4.90 Å². The van der Waals surface area contributed by atoms with Crippen molar-refractivity contribution in [2.45, 2.75) is 23.5 Å². The van der Waals surface area contributed by atoms with Gasteiger partial charge in [0.2, 0.25) is 0 Å². The van der Waals surface area contributed by atoms with Gasteiger partial charge in [-0.15, -0.1) is 18.2 Å². The van der Waals surface area contributed by atoms with Crippen LogP contribution in [0.4, 0.5) is 5.69 Å². The molecule has 0 radical (unpaired) electrons. The molecule has 2 rings (SSSR count). The number of nitrogens with zero attached hydrogens (tertiary/aromatic N) is 1. The minimum absolute atomic E-state index is 0.0237. The topological polar surface area (TPSA) is 12.4 Å². The largest absolute Gasteiger partial charge is 0.244 e. The van der Waals surface area contributed by atoms with Crippen LogP contribution in [-0.4, -0.2) is 15.5 Å². The molecule has 0 amide bonds. The van der Waals surface area contributed by atoms with E-state index in [1.165, 1.54) is 4.90 Å². The van der Waals surface area contributed by atoms with E-state index in [1.54, 1.807) is 11.8 Å². The summed E-state index contributed by atoms with van der Waals surface area (Å²) >= 11 is 3.51. The number of hydrogen-bond acceptors (Lipinski definition) is 3. The summed E-state index contributed by atoms with van der Waals surface area (Å²) in [6.45, 7) is 4.38. The van der Waals surface area contributed by atoms with Crippen LogP contribution >= 0.6 is 23.5 Å². The van der Waals surface area contributed by atoms with Crippen LogP contribution in [0, 0.1) is 12.3 Å². The molecule has 1 aromatic carbocycles. The molecule has 0 unspecified atom stereocenters. The van der Waals surface area contributed by atoms with Gasteiger partial charge in [-0.3, -0.25) is 0 Å². The molecule has 82 valence electrons. The Hall–Kier alpha value is -0.850. The molecular formula is C13H13NS2. The first-order valence-corrected chi connectivity index (χ1v) is 6.87. The van der Waals surface area contributed by atoms with Gasteiger partial charge in [-0.05, 0) is 26.0 Å². The number of hydrogen-bond donors (Lipinski definition) is 0. The van der Waals surface area contributed by atoms with Crippen molar-refractivity contribution in [2.75, 3.05) is 5.75 Å². The Labute approximate surface area is 105 Å². The lowest BCUT2D eigenvalue weighted by Crippen LogP contribution is -2.27. The minimum Gasteiger partial charge on any atom is -0.244 e. The lowest BCUT2D eigenvalue weighted by atomic mass is 10.2. The number of thioether (sulfide) groups is 2. The van der Waals surface area contributed by atoms with E-state index in [0.717, 1.165) is 10.7 Å². The number of fused-ring (bicyclic) bond motifs is 1. The number of benzene rings is 1. The van der Waals surface area contributed by atoms with Crippen LogP contribution in [0.1, 0.15) is 13.8 Å². The zero-order chi connectivity index (χ0) is 11.6. The van der Waals surface area contributed by atoms with Gasteiger partial charge in [0.1, 0.15) is 0 Å². The second-order valence-electron chi connectivity index (χ2n) is 3.99. The van der Waals surface area contributed by atoms with E-state index in [-0.39, 0.29) is 4.75 Å². The Balaban J connectivity index is 2.36. The first-order valence-electron chi connectivity index (χ1n) is 5.07. The van der Waals surface area contributed by atoms with E-state index in [9.17, 15) is 0 Å². The van der Waals surface area contributed by atoms with Gasteiger partial charge < -0.3 is 0 Å². The summed E-state index contributed by atoms with van der Waals surface area (Å²) < 4.78 is 0.0237. The number of para-hydroxylation sites is 1. The maximum absolute atomic E-state index is 5.30. The summed E-state index contributed by atoms with van der Waals surface area (Å²) in [6.07, 6.45) is 5.30. The van der Waals surface area contributed by atoms with Crippen LogP contribution in [-0.2, 0) is 0 Å². The van der Waals surface area contributed by atoms with Crippen LogP contribution in [0.25, 0.3) is 0 Å². The van der Waals surface area contributed by atoms with Crippen LogP contribution in [0.2, 0.25) is 0 Å². The molecule has 0 aromatic heterocycles. The van der Waals surface area contributed by atoms with Crippen LogP contribution < -0.4 is 0 Å². The van der Waals surface area contributed by atoms with Crippen molar-refractivity contribution in [3.05, 3.63) is 24.3 Å². The molecule has 1 heterocycles. The molecule has 0 saturated carbocycles. The highest BCUT2D eigenvalue weighted by Crippen LogP contribution is 2.45. The molecule has 0 saturated heterocycles. The number of rotatable bonds is 1. The van der Waals surface area contributed by atoms with Crippen LogP contribution in [0.15, 0.2) is 34.2 Å². The highest BCUT2D eigenvalue weighted by atomic mass is 32.2. The average Bonchev–Trinajstić information content (AvgIpc) is 2.25. The predicted molar refractivity (Wildman–Crippen MR) is 74.8 cm³/mol. The molecule has 1 aliphatic heterocycles. The standard InChI is InChI=1S/C13H13NS2/c1-4-9-15-12-13(2,3)16-11-8-6-5-7-10(11)14-12/h1,5-8H,9H2,2-3H3. The Morgan fingerprint density at radius 3 is 2.94 bits per heavy atom. The fraction of sp³-hybridized carbons (Fsp3) is 0.308. The third-order valence-corrected chi connectivity index (χ3v) is 4.84. The molecule has 1 aliphatic rings. The SMILES string of the molecule is C#CCSC1=Nc2ccccc2SC1(C)C. The molecule has 16 heavy (non-hydrogen) atoms. The van der Waals surface area contributed by atoms with Gasteiger partial charge in [-0.25, -0.2) is 4.99 Å². The predicted octanol–water partition coefficient (Wildman–Crippen LogP) is 3.97. The van der Waals surface area contributed by atoms with Gasteiger partial charge in [-0.2, -0.15) is 0 Å². The van der Waals surface area contributed by atoms with Crippen molar-refractivity contribution >= 4 is 34.3 Å². The molecule has 0 N–H and O–H groups in total. The third kappa shape index (κ3) is 2.28. The first kappa shape index (κ1) is 11.6. The zero-order valence-corrected chi connectivity index (χ0v) is 11.0. The Morgan fingerprint density at radius 2 is 2.19 bits per heavy atom. The molecule has 3 heteroatoms. The smallest absolute Gasteiger partial charge is 0.0907 e. The fourth-order valence-electron chi connectivity index (χ4n) is 1.51. The quantitative estimate of drug-likeness (QED) is 0.696. The molecule has 0 bridgehead atoms. The maximum Gasteiger partial charge on any atom is 0.0907 e. The molecule has 0 fully saturated rings. The van der Waals surface area contributed by atoms with Crippen molar-refractivity contribution < 1.29 is 0 Å². The number of terminal acetylenes is 1. The fourth-order valence-corrected chi connectivity index (χ4v) is 3.59. The van der Waals surface area contributed by atoms with Crippen molar-refractivity contribution in [1.82, 2.24) is 0 Å². The second kappa shape index (κ2) is 4.57. The van der Waals surface area contributed by atoms with Crippen molar-refractivity contribution in [1.29, 1.82) is 0 Å². The molecule has 1 aromatic rings. The van der Waals surface area contributed by atoms with E-state index < -0.39 is 0 Å². The summed E-state index contributed by atoms with van der Waals surface area (Å²) in [7, 11) is 0. The van der Waals surface area contributed by atoms with E-state index in [4.69, 9.17) is 11.4 Å². The molecule has 1 nitrogen and oxygen atoms in total. The van der Waals surface area contributed by atoms with E-state index in [1.807, 2.05) is 23.9 Å². The Morgan fingerprint density at radius 1 is 1.44 bits per heavy atom. The van der Waals surface area contributed by atoms with E-state index in [2.05, 4.69) is 31.9 Å². The van der Waals surface area contributed by atoms with Gasteiger partial charge >= 0.3 is 0 Å².